The van der Waals surface area contributed by atoms with Crippen molar-refractivity contribution in [1.29, 1.82) is 0 Å². The fourth-order valence-corrected chi connectivity index (χ4v) is 3.82. The van der Waals surface area contributed by atoms with Gasteiger partial charge >= 0.3 is 0 Å². The molecule has 0 radical (unpaired) electrons. The lowest BCUT2D eigenvalue weighted by Crippen LogP contribution is -2.38. The molecule has 4 rings (SSSR count). The standard InChI is InChI=1S/C22H24FN3O3/c23-18-7-5-16(6-8-18)14-24-22(28)17-13-21(27)26(15-17)20-4-2-1-3-19(20)25-9-11-29-12-10-25/h1-8,17H,9-15H2,(H,24,28). The van der Waals surface area contributed by atoms with E-state index in [2.05, 4.69) is 10.2 Å². The number of ether oxygens (including phenoxy) is 1. The number of hydrogen-bond acceptors (Lipinski definition) is 4. The SMILES string of the molecule is O=C(NCc1ccc(F)cc1)C1CC(=O)N(c2ccccc2N2CCOCC2)C1. The number of nitrogens with one attached hydrogen (secondary N) is 1. The average Bonchev–Trinajstić information content (AvgIpc) is 3.15. The molecule has 2 aliphatic rings. The lowest BCUT2D eigenvalue weighted by Gasteiger charge is -2.32. The number of amides is 2. The Morgan fingerprint density at radius 3 is 2.48 bits per heavy atom. The Morgan fingerprint density at radius 1 is 1.07 bits per heavy atom. The predicted molar refractivity (Wildman–Crippen MR) is 108 cm³/mol. The summed E-state index contributed by atoms with van der Waals surface area (Å²) in [6, 6.07) is 13.8. The molecule has 1 N–H and O–H groups in total. The molecule has 2 aromatic carbocycles. The molecule has 0 aromatic heterocycles. The third kappa shape index (κ3) is 4.40. The van der Waals surface area contributed by atoms with Gasteiger partial charge in [0.25, 0.3) is 0 Å². The first-order chi connectivity index (χ1) is 14.1. The predicted octanol–water partition coefficient (Wildman–Crippen LogP) is 2.33. The lowest BCUT2D eigenvalue weighted by molar-refractivity contribution is -0.126. The molecule has 0 saturated carbocycles. The zero-order chi connectivity index (χ0) is 20.2. The van der Waals surface area contributed by atoms with E-state index in [4.69, 9.17) is 4.74 Å². The van der Waals surface area contributed by atoms with E-state index >= 15 is 0 Å². The van der Waals surface area contributed by atoms with E-state index in [9.17, 15) is 14.0 Å². The number of carbonyl (C=O) groups is 2. The number of carbonyl (C=O) groups excluding carboxylic acids is 2. The minimum atomic E-state index is -0.402. The number of morpholine rings is 1. The van der Waals surface area contributed by atoms with Gasteiger partial charge in [0.05, 0.1) is 30.5 Å². The van der Waals surface area contributed by atoms with E-state index in [1.165, 1.54) is 12.1 Å². The summed E-state index contributed by atoms with van der Waals surface area (Å²) in [5.74, 6) is -0.918. The van der Waals surface area contributed by atoms with E-state index < -0.39 is 5.92 Å². The molecule has 1 unspecified atom stereocenters. The van der Waals surface area contributed by atoms with Crippen LogP contribution in [-0.2, 0) is 20.9 Å². The first kappa shape index (κ1) is 19.4. The van der Waals surface area contributed by atoms with Crippen molar-refractivity contribution in [3.63, 3.8) is 0 Å². The maximum atomic E-state index is 13.0. The Labute approximate surface area is 169 Å². The van der Waals surface area contributed by atoms with Crippen molar-refractivity contribution in [1.82, 2.24) is 5.32 Å². The van der Waals surface area contributed by atoms with Crippen LogP contribution in [0.25, 0.3) is 0 Å². The number of hydrogen-bond donors (Lipinski definition) is 1. The van der Waals surface area contributed by atoms with Crippen molar-refractivity contribution >= 4 is 23.2 Å². The molecule has 6 nitrogen and oxygen atoms in total. The van der Waals surface area contributed by atoms with Crippen LogP contribution >= 0.6 is 0 Å². The highest BCUT2D eigenvalue weighted by Gasteiger charge is 2.36. The second-order valence-corrected chi connectivity index (χ2v) is 7.34. The molecule has 2 saturated heterocycles. The Hall–Kier alpha value is -2.93. The topological polar surface area (TPSA) is 61.9 Å². The summed E-state index contributed by atoms with van der Waals surface area (Å²) in [4.78, 5) is 29.2. The Balaban J connectivity index is 1.43. The highest BCUT2D eigenvalue weighted by atomic mass is 19.1. The number of nitrogens with zero attached hydrogens (tertiary/aromatic N) is 2. The average molecular weight is 397 g/mol. The number of rotatable bonds is 5. The van der Waals surface area contributed by atoms with E-state index in [0.717, 1.165) is 30.0 Å². The molecule has 7 heteroatoms. The molecule has 2 amide bonds. The smallest absolute Gasteiger partial charge is 0.227 e. The summed E-state index contributed by atoms with van der Waals surface area (Å²) in [6.07, 6.45) is 0.187. The molecule has 2 aromatic rings. The van der Waals surface area contributed by atoms with Crippen LogP contribution in [0.3, 0.4) is 0 Å². The zero-order valence-corrected chi connectivity index (χ0v) is 16.1. The van der Waals surface area contributed by atoms with E-state index in [-0.39, 0.29) is 24.1 Å². The van der Waals surface area contributed by atoms with Crippen molar-refractivity contribution in [3.05, 3.63) is 59.9 Å². The summed E-state index contributed by atoms with van der Waals surface area (Å²) in [5, 5.41) is 2.86. The molecule has 0 aliphatic carbocycles. The minimum Gasteiger partial charge on any atom is -0.378 e. The van der Waals surface area contributed by atoms with Gasteiger partial charge < -0.3 is 19.9 Å². The van der Waals surface area contributed by atoms with Crippen LogP contribution in [0.4, 0.5) is 15.8 Å². The fraction of sp³-hybridized carbons (Fsp3) is 0.364. The van der Waals surface area contributed by atoms with Gasteiger partial charge in [-0.3, -0.25) is 9.59 Å². The van der Waals surface area contributed by atoms with Gasteiger partial charge in [-0.1, -0.05) is 24.3 Å². The van der Waals surface area contributed by atoms with Crippen LogP contribution in [0.15, 0.2) is 48.5 Å². The Morgan fingerprint density at radius 2 is 1.76 bits per heavy atom. The van der Waals surface area contributed by atoms with E-state index in [1.54, 1.807) is 17.0 Å². The second-order valence-electron chi connectivity index (χ2n) is 7.34. The molecule has 1 atom stereocenters. The summed E-state index contributed by atoms with van der Waals surface area (Å²) in [6.45, 7) is 3.55. The van der Waals surface area contributed by atoms with Crippen molar-refractivity contribution in [3.8, 4) is 0 Å². The molecule has 0 bridgehead atoms. The molecule has 29 heavy (non-hydrogen) atoms. The normalized spacial score (nSPS) is 19.5. The van der Waals surface area contributed by atoms with Crippen LogP contribution in [0.2, 0.25) is 0 Å². The molecular formula is C22H24FN3O3. The summed E-state index contributed by atoms with van der Waals surface area (Å²) in [7, 11) is 0. The van der Waals surface area contributed by atoms with Gasteiger partial charge in [0.15, 0.2) is 0 Å². The van der Waals surface area contributed by atoms with E-state index in [0.29, 0.717) is 26.3 Å². The first-order valence-electron chi connectivity index (χ1n) is 9.86. The third-order valence-corrected chi connectivity index (χ3v) is 5.40. The maximum absolute atomic E-state index is 13.0. The molecular weight excluding hydrogens is 373 g/mol. The van der Waals surface area contributed by atoms with Gasteiger partial charge in [-0.25, -0.2) is 4.39 Å². The van der Waals surface area contributed by atoms with Crippen LogP contribution in [0.1, 0.15) is 12.0 Å². The molecule has 0 spiro atoms. The van der Waals surface area contributed by atoms with Crippen molar-refractivity contribution in [2.45, 2.75) is 13.0 Å². The number of para-hydroxylation sites is 2. The van der Waals surface area contributed by atoms with Crippen LogP contribution < -0.4 is 15.1 Å². The second kappa shape index (κ2) is 8.61. The lowest BCUT2D eigenvalue weighted by atomic mass is 10.1. The highest BCUT2D eigenvalue weighted by Crippen LogP contribution is 2.34. The van der Waals surface area contributed by atoms with Gasteiger partial charge in [0, 0.05) is 32.6 Å². The fourth-order valence-electron chi connectivity index (χ4n) is 3.82. The summed E-state index contributed by atoms with van der Waals surface area (Å²) < 4.78 is 18.4. The third-order valence-electron chi connectivity index (χ3n) is 5.40. The monoisotopic (exact) mass is 397 g/mol. The Kier molecular flexibility index (Phi) is 5.76. The van der Waals surface area contributed by atoms with Crippen molar-refractivity contribution in [2.75, 3.05) is 42.6 Å². The quantitative estimate of drug-likeness (QED) is 0.841. The highest BCUT2D eigenvalue weighted by molar-refractivity contribution is 6.02. The zero-order valence-electron chi connectivity index (χ0n) is 16.1. The van der Waals surface area contributed by atoms with E-state index in [1.807, 2.05) is 24.3 Å². The molecule has 2 fully saturated rings. The van der Waals surface area contributed by atoms with Crippen molar-refractivity contribution in [2.24, 2.45) is 5.92 Å². The largest absolute Gasteiger partial charge is 0.378 e. The Bertz CT molecular complexity index is 881. The van der Waals surface area contributed by atoms with Crippen LogP contribution in [0, 0.1) is 11.7 Å². The minimum absolute atomic E-state index is 0.0485. The summed E-state index contributed by atoms with van der Waals surface area (Å²) >= 11 is 0. The number of benzene rings is 2. The maximum Gasteiger partial charge on any atom is 0.227 e. The van der Waals surface area contributed by atoms with Crippen molar-refractivity contribution < 1.29 is 18.7 Å². The first-order valence-corrected chi connectivity index (χ1v) is 9.86. The van der Waals surface area contributed by atoms with Crippen LogP contribution in [0.5, 0.6) is 0 Å². The molecule has 2 heterocycles. The number of anilines is 2. The summed E-state index contributed by atoms with van der Waals surface area (Å²) in [5.41, 5.74) is 2.66. The molecule has 2 aliphatic heterocycles. The van der Waals surface area contributed by atoms with Crippen LogP contribution in [-0.4, -0.2) is 44.7 Å². The van der Waals surface area contributed by atoms with Gasteiger partial charge in [-0.15, -0.1) is 0 Å². The number of halogens is 1. The van der Waals surface area contributed by atoms with Gasteiger partial charge in [-0.05, 0) is 29.8 Å². The van der Waals surface area contributed by atoms with Gasteiger partial charge in [-0.2, -0.15) is 0 Å². The van der Waals surface area contributed by atoms with Gasteiger partial charge in [0.2, 0.25) is 11.8 Å². The molecule has 152 valence electrons. The van der Waals surface area contributed by atoms with Gasteiger partial charge in [0.1, 0.15) is 5.82 Å².